The van der Waals surface area contributed by atoms with E-state index in [1.165, 1.54) is 0 Å². The van der Waals surface area contributed by atoms with Crippen LogP contribution in [0.5, 0.6) is 11.5 Å². The van der Waals surface area contributed by atoms with Crippen LogP contribution in [0.3, 0.4) is 0 Å². The smallest absolute Gasteiger partial charge is 0.250 e. The van der Waals surface area contributed by atoms with Gasteiger partial charge in [0.25, 0.3) is 0 Å². The normalized spacial score (nSPS) is 17.6. The van der Waals surface area contributed by atoms with E-state index in [1.54, 1.807) is 0 Å². The Kier molecular flexibility index (Phi) is 7.16. The topological polar surface area (TPSA) is 68.8 Å². The zero-order chi connectivity index (χ0) is 16.5. The molecule has 1 aromatic rings. The van der Waals surface area contributed by atoms with Crippen molar-refractivity contribution >= 4 is 5.91 Å². The predicted molar refractivity (Wildman–Crippen MR) is 88.1 cm³/mol. The number of carbonyl (C=O) groups excluding carboxylic acids is 1. The number of ether oxygens (including phenoxy) is 3. The number of carbonyl (C=O) groups is 1. The van der Waals surface area contributed by atoms with Crippen molar-refractivity contribution in [3.05, 3.63) is 23.8 Å². The Balaban J connectivity index is 1.84. The Morgan fingerprint density at radius 1 is 1.30 bits per heavy atom. The summed E-state index contributed by atoms with van der Waals surface area (Å²) in [6, 6.07) is 5.89. The largest absolute Gasteiger partial charge is 0.490 e. The van der Waals surface area contributed by atoms with Crippen LogP contribution in [-0.2, 0) is 16.0 Å². The van der Waals surface area contributed by atoms with E-state index in [0.717, 1.165) is 30.0 Å². The summed E-state index contributed by atoms with van der Waals surface area (Å²) >= 11 is 0. The lowest BCUT2D eigenvalue weighted by Gasteiger charge is -2.22. The van der Waals surface area contributed by atoms with Crippen molar-refractivity contribution < 1.29 is 19.0 Å². The number of hydrogen-bond donors (Lipinski definition) is 2. The number of morpholine rings is 1. The third-order valence-electron chi connectivity index (χ3n) is 3.54. The summed E-state index contributed by atoms with van der Waals surface area (Å²) in [6.07, 6.45) is 0.348. The average Bonchev–Trinajstić information content (AvgIpc) is 2.58. The Hall–Kier alpha value is -1.79. The maximum atomic E-state index is 12.0. The summed E-state index contributed by atoms with van der Waals surface area (Å²) in [5, 5.41) is 6.06. The molecule has 1 aliphatic heterocycles. The highest BCUT2D eigenvalue weighted by molar-refractivity contribution is 5.81. The van der Waals surface area contributed by atoms with Gasteiger partial charge in [-0.05, 0) is 38.0 Å². The van der Waals surface area contributed by atoms with Gasteiger partial charge in [-0.3, -0.25) is 4.79 Å². The van der Waals surface area contributed by atoms with Crippen molar-refractivity contribution in [2.24, 2.45) is 0 Å². The van der Waals surface area contributed by atoms with Crippen LogP contribution in [0.1, 0.15) is 19.4 Å². The number of hydrogen-bond acceptors (Lipinski definition) is 5. The molecule has 2 rings (SSSR count). The average molecular weight is 322 g/mol. The fourth-order valence-corrected chi connectivity index (χ4v) is 2.43. The molecule has 0 saturated carbocycles. The third-order valence-corrected chi connectivity index (χ3v) is 3.54. The van der Waals surface area contributed by atoms with E-state index < -0.39 is 0 Å². The lowest BCUT2D eigenvalue weighted by molar-refractivity contribution is -0.134. The Labute approximate surface area is 137 Å². The van der Waals surface area contributed by atoms with Gasteiger partial charge in [0.15, 0.2) is 11.5 Å². The molecule has 1 fully saturated rings. The SMILES string of the molecule is CCOc1ccc(CCNC(=O)C2CNCCO2)cc1OCC. The first-order chi connectivity index (χ1) is 11.2. The highest BCUT2D eigenvalue weighted by Crippen LogP contribution is 2.28. The molecule has 0 bridgehead atoms. The molecule has 1 saturated heterocycles. The zero-order valence-electron chi connectivity index (χ0n) is 13.9. The Morgan fingerprint density at radius 3 is 2.78 bits per heavy atom. The van der Waals surface area contributed by atoms with E-state index in [1.807, 2.05) is 32.0 Å². The summed E-state index contributed by atoms with van der Waals surface area (Å²) in [5.74, 6) is 1.44. The van der Waals surface area contributed by atoms with E-state index >= 15 is 0 Å². The summed E-state index contributed by atoms with van der Waals surface area (Å²) in [5.41, 5.74) is 1.10. The minimum absolute atomic E-state index is 0.0619. The molecule has 0 radical (unpaired) electrons. The van der Waals surface area contributed by atoms with Crippen LogP contribution < -0.4 is 20.1 Å². The maximum Gasteiger partial charge on any atom is 0.250 e. The minimum Gasteiger partial charge on any atom is -0.490 e. The summed E-state index contributed by atoms with van der Waals surface area (Å²) in [4.78, 5) is 12.0. The predicted octanol–water partition coefficient (Wildman–Crippen LogP) is 1.13. The van der Waals surface area contributed by atoms with Crippen molar-refractivity contribution in [1.82, 2.24) is 10.6 Å². The first kappa shape index (κ1) is 17.6. The van der Waals surface area contributed by atoms with Crippen LogP contribution in [0.15, 0.2) is 18.2 Å². The van der Waals surface area contributed by atoms with Gasteiger partial charge >= 0.3 is 0 Å². The summed E-state index contributed by atoms with van der Waals surface area (Å²) < 4.78 is 16.6. The molecule has 1 aromatic carbocycles. The second kappa shape index (κ2) is 9.37. The van der Waals surface area contributed by atoms with Crippen LogP contribution in [-0.4, -0.2) is 51.5 Å². The molecule has 1 atom stereocenters. The summed E-state index contributed by atoms with van der Waals surface area (Å²) in [7, 11) is 0. The van der Waals surface area contributed by atoms with Gasteiger partial charge in [-0.15, -0.1) is 0 Å². The van der Waals surface area contributed by atoms with Crippen LogP contribution >= 0.6 is 0 Å². The lowest BCUT2D eigenvalue weighted by Crippen LogP contribution is -2.48. The highest BCUT2D eigenvalue weighted by Gasteiger charge is 2.21. The fourth-order valence-electron chi connectivity index (χ4n) is 2.43. The third kappa shape index (κ3) is 5.41. The molecule has 23 heavy (non-hydrogen) atoms. The van der Waals surface area contributed by atoms with Crippen molar-refractivity contribution in [3.8, 4) is 11.5 Å². The Bertz CT molecular complexity index is 501. The van der Waals surface area contributed by atoms with Gasteiger partial charge in [-0.25, -0.2) is 0 Å². The van der Waals surface area contributed by atoms with E-state index in [9.17, 15) is 4.79 Å². The van der Waals surface area contributed by atoms with Gasteiger partial charge in [0, 0.05) is 19.6 Å². The number of amides is 1. The van der Waals surface area contributed by atoms with Gasteiger partial charge in [0.2, 0.25) is 5.91 Å². The highest BCUT2D eigenvalue weighted by atomic mass is 16.5. The van der Waals surface area contributed by atoms with Crippen LogP contribution in [0.4, 0.5) is 0 Å². The monoisotopic (exact) mass is 322 g/mol. The molecular weight excluding hydrogens is 296 g/mol. The molecule has 2 N–H and O–H groups in total. The van der Waals surface area contributed by atoms with Gasteiger partial charge in [-0.1, -0.05) is 6.07 Å². The minimum atomic E-state index is -0.386. The molecule has 6 heteroatoms. The fraction of sp³-hybridized carbons (Fsp3) is 0.588. The molecule has 0 aromatic heterocycles. The molecule has 1 heterocycles. The quantitative estimate of drug-likeness (QED) is 0.751. The molecule has 0 aliphatic carbocycles. The molecule has 128 valence electrons. The van der Waals surface area contributed by atoms with Crippen LogP contribution in [0.2, 0.25) is 0 Å². The first-order valence-electron chi connectivity index (χ1n) is 8.23. The van der Waals surface area contributed by atoms with Gasteiger partial charge in [0.1, 0.15) is 6.10 Å². The van der Waals surface area contributed by atoms with Crippen molar-refractivity contribution in [1.29, 1.82) is 0 Å². The van der Waals surface area contributed by atoms with Crippen molar-refractivity contribution in [2.45, 2.75) is 26.4 Å². The van der Waals surface area contributed by atoms with Crippen LogP contribution in [0.25, 0.3) is 0 Å². The van der Waals surface area contributed by atoms with Gasteiger partial charge < -0.3 is 24.8 Å². The number of nitrogens with one attached hydrogen (secondary N) is 2. The van der Waals surface area contributed by atoms with Crippen molar-refractivity contribution in [3.63, 3.8) is 0 Å². The first-order valence-corrected chi connectivity index (χ1v) is 8.23. The molecule has 6 nitrogen and oxygen atoms in total. The van der Waals surface area contributed by atoms with E-state index in [4.69, 9.17) is 14.2 Å². The molecule has 0 spiro atoms. The Morgan fingerprint density at radius 2 is 2.09 bits per heavy atom. The van der Waals surface area contributed by atoms with E-state index in [2.05, 4.69) is 10.6 Å². The van der Waals surface area contributed by atoms with Crippen molar-refractivity contribution in [2.75, 3.05) is 39.5 Å². The second-order valence-electron chi connectivity index (χ2n) is 5.25. The zero-order valence-corrected chi connectivity index (χ0v) is 13.9. The van der Waals surface area contributed by atoms with E-state index in [0.29, 0.717) is 32.9 Å². The molecule has 1 aliphatic rings. The van der Waals surface area contributed by atoms with Gasteiger partial charge in [-0.2, -0.15) is 0 Å². The summed E-state index contributed by atoms with van der Waals surface area (Å²) in [6.45, 7) is 7.60. The number of benzene rings is 1. The number of rotatable bonds is 8. The second-order valence-corrected chi connectivity index (χ2v) is 5.25. The van der Waals surface area contributed by atoms with Gasteiger partial charge in [0.05, 0.1) is 19.8 Å². The maximum absolute atomic E-state index is 12.0. The molecule has 1 unspecified atom stereocenters. The van der Waals surface area contributed by atoms with E-state index in [-0.39, 0.29) is 12.0 Å². The lowest BCUT2D eigenvalue weighted by atomic mass is 10.1. The molecular formula is C17H26N2O4. The molecule has 1 amide bonds. The van der Waals surface area contributed by atoms with Crippen LogP contribution in [0, 0.1) is 0 Å². The standard InChI is InChI=1S/C17H26N2O4/c1-3-21-14-6-5-13(11-15(14)22-4-2)7-8-19-17(20)16-12-18-9-10-23-16/h5-6,11,16,18H,3-4,7-10,12H2,1-2H3,(H,19,20).